The number of hydrogen-bond acceptors (Lipinski definition) is 6. The molecule has 96 valence electrons. The largest absolute Gasteiger partial charge is 0.569 e. The summed E-state index contributed by atoms with van der Waals surface area (Å²) < 4.78 is 4.38. The molecule has 1 rings (SSSR count). The zero-order chi connectivity index (χ0) is 12.8. The second kappa shape index (κ2) is 5.87. The van der Waals surface area contributed by atoms with Crippen LogP contribution in [-0.4, -0.2) is 46.9 Å². The van der Waals surface area contributed by atoms with Crippen molar-refractivity contribution in [1.29, 1.82) is 0 Å². The Hall–Kier alpha value is -2.06. The highest BCUT2D eigenvalue weighted by atomic mass is 16.8. The second-order valence-electron chi connectivity index (χ2n) is 3.45. The van der Waals surface area contributed by atoms with Crippen molar-refractivity contribution in [3.8, 4) is 0 Å². The Bertz CT molecular complexity index is 331. The van der Waals surface area contributed by atoms with Crippen molar-refractivity contribution in [3.05, 3.63) is 5.21 Å². The van der Waals surface area contributed by atoms with Gasteiger partial charge in [-0.15, -0.1) is 5.01 Å². The lowest BCUT2D eigenvalue weighted by molar-refractivity contribution is -0.708. The lowest BCUT2D eigenvalue weighted by Gasteiger charge is -2.10. The Kier molecular flexibility index (Phi) is 4.49. The number of hydrogen-bond donors (Lipinski definition) is 1. The maximum absolute atomic E-state index is 11.3. The minimum absolute atomic E-state index is 0.0826. The molecular weight excluding hydrogens is 234 g/mol. The van der Waals surface area contributed by atoms with E-state index in [1.165, 1.54) is 11.9 Å². The standard InChI is InChI=1S/C8H13N3O6/c1-6(12)16-5-17-9-11(15)10-3-2-7(4-10)8(13)14/h7H,2-5H2,1H3,(H,13,14)/b11-9+. The third-order valence-corrected chi connectivity index (χ3v) is 2.20. The van der Waals surface area contributed by atoms with E-state index in [9.17, 15) is 14.8 Å². The molecule has 0 aromatic heterocycles. The molecule has 1 fully saturated rings. The molecule has 1 N–H and O–H groups in total. The molecule has 0 aromatic carbocycles. The van der Waals surface area contributed by atoms with E-state index in [4.69, 9.17) is 5.11 Å². The average Bonchev–Trinajstić information content (AvgIpc) is 2.73. The van der Waals surface area contributed by atoms with Crippen LogP contribution in [0.3, 0.4) is 0 Å². The van der Waals surface area contributed by atoms with Crippen molar-refractivity contribution >= 4 is 11.9 Å². The van der Waals surface area contributed by atoms with E-state index in [0.29, 0.717) is 13.0 Å². The summed E-state index contributed by atoms with van der Waals surface area (Å²) in [5.41, 5.74) is 0. The van der Waals surface area contributed by atoms with Gasteiger partial charge in [-0.05, 0) is 6.42 Å². The fourth-order valence-corrected chi connectivity index (χ4v) is 1.33. The van der Waals surface area contributed by atoms with Crippen LogP contribution < -0.4 is 0 Å². The first-order valence-electron chi connectivity index (χ1n) is 4.92. The van der Waals surface area contributed by atoms with E-state index in [2.05, 4.69) is 14.9 Å². The zero-order valence-electron chi connectivity index (χ0n) is 9.24. The topological polar surface area (TPSA) is 114 Å². The molecule has 1 saturated heterocycles. The number of carbonyl (C=O) groups is 2. The molecule has 1 aliphatic heterocycles. The number of carbonyl (C=O) groups excluding carboxylic acids is 1. The Morgan fingerprint density at radius 3 is 2.88 bits per heavy atom. The van der Waals surface area contributed by atoms with Crippen LogP contribution in [0.5, 0.6) is 0 Å². The van der Waals surface area contributed by atoms with E-state index < -0.39 is 24.6 Å². The normalized spacial score (nSPS) is 20.2. The Balaban J connectivity index is 2.33. The van der Waals surface area contributed by atoms with E-state index in [0.717, 1.165) is 0 Å². The van der Waals surface area contributed by atoms with Gasteiger partial charge in [-0.1, -0.05) is 0 Å². The molecule has 1 unspecified atom stereocenters. The van der Waals surface area contributed by atoms with Crippen LogP contribution in [0, 0.1) is 11.1 Å². The van der Waals surface area contributed by atoms with Crippen molar-refractivity contribution in [2.45, 2.75) is 13.3 Å². The summed E-state index contributed by atoms with van der Waals surface area (Å²) in [6.07, 6.45) is 0.382. The van der Waals surface area contributed by atoms with Gasteiger partial charge in [0.2, 0.25) is 5.28 Å². The van der Waals surface area contributed by atoms with Gasteiger partial charge in [-0.3, -0.25) is 9.59 Å². The van der Waals surface area contributed by atoms with E-state index in [1.807, 2.05) is 0 Å². The lowest BCUT2D eigenvalue weighted by atomic mass is 10.1. The summed E-state index contributed by atoms with van der Waals surface area (Å²) in [5.74, 6) is -2.07. The van der Waals surface area contributed by atoms with Crippen molar-refractivity contribution in [2.24, 2.45) is 11.2 Å². The summed E-state index contributed by atoms with van der Waals surface area (Å²) in [6.45, 7) is 1.11. The van der Waals surface area contributed by atoms with Crippen molar-refractivity contribution in [1.82, 2.24) is 5.01 Å². The zero-order valence-corrected chi connectivity index (χ0v) is 9.24. The van der Waals surface area contributed by atoms with Gasteiger partial charge >= 0.3 is 11.9 Å². The summed E-state index contributed by atoms with van der Waals surface area (Å²) >= 11 is 0. The highest BCUT2D eigenvalue weighted by molar-refractivity contribution is 5.70. The number of ether oxygens (including phenoxy) is 1. The number of rotatable bonds is 5. The number of carboxylic acid groups (broad SMARTS) is 1. The summed E-state index contributed by atoms with van der Waals surface area (Å²) in [4.78, 5) is 25.6. The van der Waals surface area contributed by atoms with Crippen LogP contribution in [0.25, 0.3) is 0 Å². The minimum atomic E-state index is -0.943. The second-order valence-corrected chi connectivity index (χ2v) is 3.45. The van der Waals surface area contributed by atoms with Crippen LogP contribution in [0.1, 0.15) is 13.3 Å². The average molecular weight is 247 g/mol. The number of nitrogens with zero attached hydrogens (tertiary/aromatic N) is 3. The van der Waals surface area contributed by atoms with Gasteiger partial charge in [0, 0.05) is 6.92 Å². The SMILES string of the molecule is CC(=O)OCO/N=[N+](/[O-])N1CCC(C(=O)O)C1. The van der Waals surface area contributed by atoms with Crippen LogP contribution >= 0.6 is 0 Å². The fraction of sp³-hybridized carbons (Fsp3) is 0.750. The highest BCUT2D eigenvalue weighted by Gasteiger charge is 2.32. The predicted octanol–water partition coefficient (Wildman–Crippen LogP) is -0.277. The van der Waals surface area contributed by atoms with Gasteiger partial charge in [0.15, 0.2) is 0 Å². The van der Waals surface area contributed by atoms with Gasteiger partial charge in [0.05, 0.1) is 24.0 Å². The van der Waals surface area contributed by atoms with Gasteiger partial charge in [0.25, 0.3) is 6.79 Å². The van der Waals surface area contributed by atoms with Crippen LogP contribution in [0.15, 0.2) is 5.28 Å². The molecule has 0 amide bonds. The Morgan fingerprint density at radius 1 is 1.65 bits per heavy atom. The predicted molar refractivity (Wildman–Crippen MR) is 51.1 cm³/mol. The first kappa shape index (κ1) is 13.0. The van der Waals surface area contributed by atoms with Crippen molar-refractivity contribution < 1.29 is 29.2 Å². The Labute approximate surface area is 96.7 Å². The molecule has 0 aliphatic carbocycles. The van der Waals surface area contributed by atoms with Crippen LogP contribution in [0.4, 0.5) is 0 Å². The summed E-state index contributed by atoms with van der Waals surface area (Å²) in [5, 5.41) is 24.3. The monoisotopic (exact) mass is 247 g/mol. The van der Waals surface area contributed by atoms with Crippen molar-refractivity contribution in [2.75, 3.05) is 19.9 Å². The van der Waals surface area contributed by atoms with E-state index >= 15 is 0 Å². The molecule has 0 spiro atoms. The van der Waals surface area contributed by atoms with Gasteiger partial charge in [-0.25, -0.2) is 0 Å². The molecule has 0 aromatic rings. The van der Waals surface area contributed by atoms with Crippen LogP contribution in [0.2, 0.25) is 0 Å². The smallest absolute Gasteiger partial charge is 0.308 e. The quantitative estimate of drug-likeness (QED) is 0.177. The van der Waals surface area contributed by atoms with Crippen molar-refractivity contribution in [3.63, 3.8) is 0 Å². The van der Waals surface area contributed by atoms with Crippen LogP contribution in [-0.2, 0) is 19.2 Å². The molecule has 0 radical (unpaired) electrons. The number of esters is 1. The molecule has 9 nitrogen and oxygen atoms in total. The lowest BCUT2D eigenvalue weighted by Crippen LogP contribution is -2.29. The summed E-state index contributed by atoms with van der Waals surface area (Å²) in [6, 6.07) is 0. The van der Waals surface area contributed by atoms with Gasteiger partial charge in [0.1, 0.15) is 0 Å². The fourth-order valence-electron chi connectivity index (χ4n) is 1.33. The molecule has 17 heavy (non-hydrogen) atoms. The maximum Gasteiger partial charge on any atom is 0.308 e. The summed E-state index contributed by atoms with van der Waals surface area (Å²) in [7, 11) is 0. The van der Waals surface area contributed by atoms with Gasteiger partial charge in [-0.2, -0.15) is 0 Å². The molecule has 0 saturated carbocycles. The molecule has 0 bridgehead atoms. The first-order valence-corrected chi connectivity index (χ1v) is 4.92. The third-order valence-electron chi connectivity index (χ3n) is 2.20. The molecule has 1 atom stereocenters. The highest BCUT2D eigenvalue weighted by Crippen LogP contribution is 2.16. The molecule has 9 heteroatoms. The maximum atomic E-state index is 11.3. The number of hydrazine groups is 1. The number of aliphatic carboxylic acids is 1. The first-order chi connectivity index (χ1) is 8.00. The minimum Gasteiger partial charge on any atom is -0.569 e. The molecular formula is C8H13N3O6. The molecule has 1 heterocycles. The van der Waals surface area contributed by atoms with E-state index in [-0.39, 0.29) is 11.5 Å². The number of carboxylic acids is 1. The Morgan fingerprint density at radius 2 is 2.35 bits per heavy atom. The van der Waals surface area contributed by atoms with Gasteiger partial charge < -0.3 is 19.9 Å². The molecule has 1 aliphatic rings. The third kappa shape index (κ3) is 4.13. The van der Waals surface area contributed by atoms with E-state index in [1.54, 1.807) is 0 Å².